The molecular formula is C15H14N2. The number of hydrogen-bond acceptors (Lipinski definition) is 2. The summed E-state index contributed by atoms with van der Waals surface area (Å²) >= 11 is 0. The Bertz CT molecular complexity index is 548. The van der Waals surface area contributed by atoms with E-state index >= 15 is 0 Å². The third-order valence-corrected chi connectivity index (χ3v) is 2.74. The summed E-state index contributed by atoms with van der Waals surface area (Å²) < 4.78 is 0. The predicted octanol–water partition coefficient (Wildman–Crippen LogP) is 3.74. The summed E-state index contributed by atoms with van der Waals surface area (Å²) in [6, 6.07) is 13.8. The monoisotopic (exact) mass is 222 g/mol. The van der Waals surface area contributed by atoms with E-state index in [-0.39, 0.29) is 0 Å². The van der Waals surface area contributed by atoms with Crippen molar-refractivity contribution < 1.29 is 0 Å². The van der Waals surface area contributed by atoms with E-state index in [0.717, 1.165) is 16.8 Å². The molecule has 0 atom stereocenters. The molecule has 2 rings (SSSR count). The summed E-state index contributed by atoms with van der Waals surface area (Å²) in [6.07, 6.45) is 1.84. The Morgan fingerprint density at radius 3 is 2.47 bits per heavy atom. The van der Waals surface area contributed by atoms with E-state index in [9.17, 15) is 0 Å². The minimum Gasteiger partial charge on any atom is -0.260 e. The quantitative estimate of drug-likeness (QED) is 0.776. The van der Waals surface area contributed by atoms with Crippen LogP contribution >= 0.6 is 0 Å². The maximum atomic E-state index is 9.05. The van der Waals surface area contributed by atoms with Crippen molar-refractivity contribution in [1.29, 1.82) is 5.26 Å². The van der Waals surface area contributed by atoms with E-state index in [1.807, 2.05) is 42.6 Å². The SMILES string of the molecule is CC(C)c1ccc(-c2ccccc2C#N)cn1. The van der Waals surface area contributed by atoms with Crippen LogP contribution in [-0.2, 0) is 0 Å². The number of hydrogen-bond donors (Lipinski definition) is 0. The van der Waals surface area contributed by atoms with Gasteiger partial charge in [0, 0.05) is 23.0 Å². The first-order chi connectivity index (χ1) is 8.22. The molecule has 2 aromatic rings. The van der Waals surface area contributed by atoms with Crippen LogP contribution in [0.2, 0.25) is 0 Å². The van der Waals surface area contributed by atoms with Gasteiger partial charge in [0.15, 0.2) is 0 Å². The molecule has 1 aromatic carbocycles. The maximum absolute atomic E-state index is 9.05. The van der Waals surface area contributed by atoms with E-state index in [4.69, 9.17) is 5.26 Å². The largest absolute Gasteiger partial charge is 0.260 e. The van der Waals surface area contributed by atoms with Crippen molar-refractivity contribution in [1.82, 2.24) is 4.98 Å². The second-order valence-corrected chi connectivity index (χ2v) is 4.28. The minimum atomic E-state index is 0.426. The van der Waals surface area contributed by atoms with Gasteiger partial charge in [0.05, 0.1) is 11.6 Å². The van der Waals surface area contributed by atoms with E-state index in [1.54, 1.807) is 0 Å². The fourth-order valence-electron chi connectivity index (χ4n) is 1.74. The number of benzene rings is 1. The van der Waals surface area contributed by atoms with Gasteiger partial charge in [-0.1, -0.05) is 38.1 Å². The molecule has 0 amide bonds. The summed E-state index contributed by atoms with van der Waals surface area (Å²) in [4.78, 5) is 4.42. The smallest absolute Gasteiger partial charge is 0.0998 e. The van der Waals surface area contributed by atoms with Crippen LogP contribution in [0.15, 0.2) is 42.6 Å². The predicted molar refractivity (Wildman–Crippen MR) is 68.5 cm³/mol. The van der Waals surface area contributed by atoms with Crippen LogP contribution in [-0.4, -0.2) is 4.98 Å². The van der Waals surface area contributed by atoms with Crippen molar-refractivity contribution in [3.05, 3.63) is 53.9 Å². The molecule has 0 fully saturated rings. The summed E-state index contributed by atoms with van der Waals surface area (Å²) in [5.41, 5.74) is 3.69. The number of rotatable bonds is 2. The van der Waals surface area contributed by atoms with Crippen molar-refractivity contribution in [3.63, 3.8) is 0 Å². The van der Waals surface area contributed by atoms with Gasteiger partial charge in [-0.2, -0.15) is 5.26 Å². The van der Waals surface area contributed by atoms with Crippen molar-refractivity contribution in [2.75, 3.05) is 0 Å². The summed E-state index contributed by atoms with van der Waals surface area (Å²) in [5.74, 6) is 0.426. The van der Waals surface area contributed by atoms with Crippen molar-refractivity contribution in [3.8, 4) is 17.2 Å². The van der Waals surface area contributed by atoms with E-state index in [1.165, 1.54) is 0 Å². The topological polar surface area (TPSA) is 36.7 Å². The summed E-state index contributed by atoms with van der Waals surface area (Å²) in [5, 5.41) is 9.05. The molecule has 84 valence electrons. The summed E-state index contributed by atoms with van der Waals surface area (Å²) in [7, 11) is 0. The second-order valence-electron chi connectivity index (χ2n) is 4.28. The standard InChI is InChI=1S/C15H14N2/c1-11(2)15-8-7-13(10-17-15)14-6-4-3-5-12(14)9-16/h3-8,10-11H,1-2H3. The number of nitriles is 1. The lowest BCUT2D eigenvalue weighted by Gasteiger charge is -2.07. The van der Waals surface area contributed by atoms with Crippen molar-refractivity contribution >= 4 is 0 Å². The minimum absolute atomic E-state index is 0.426. The van der Waals surface area contributed by atoms with Crippen LogP contribution in [0, 0.1) is 11.3 Å². The summed E-state index contributed by atoms with van der Waals surface area (Å²) in [6.45, 7) is 4.23. The average Bonchev–Trinajstić information content (AvgIpc) is 2.39. The highest BCUT2D eigenvalue weighted by atomic mass is 14.7. The zero-order chi connectivity index (χ0) is 12.3. The fourth-order valence-corrected chi connectivity index (χ4v) is 1.74. The lowest BCUT2D eigenvalue weighted by molar-refractivity contribution is 0.823. The van der Waals surface area contributed by atoms with Gasteiger partial charge in [0.25, 0.3) is 0 Å². The van der Waals surface area contributed by atoms with Crippen LogP contribution in [0.1, 0.15) is 31.0 Å². The molecule has 0 bridgehead atoms. The average molecular weight is 222 g/mol. The fraction of sp³-hybridized carbons (Fsp3) is 0.200. The zero-order valence-corrected chi connectivity index (χ0v) is 10.0. The molecule has 0 N–H and O–H groups in total. The molecule has 0 aliphatic carbocycles. The zero-order valence-electron chi connectivity index (χ0n) is 10.0. The number of aromatic nitrogens is 1. The number of nitrogens with zero attached hydrogens (tertiary/aromatic N) is 2. The first-order valence-corrected chi connectivity index (χ1v) is 5.68. The Balaban J connectivity index is 2.44. The van der Waals surface area contributed by atoms with Gasteiger partial charge in [-0.05, 0) is 18.1 Å². The van der Waals surface area contributed by atoms with Crippen LogP contribution in [0.5, 0.6) is 0 Å². The second kappa shape index (κ2) is 4.80. The molecule has 0 aliphatic heterocycles. The highest BCUT2D eigenvalue weighted by molar-refractivity contribution is 5.69. The third kappa shape index (κ3) is 2.34. The van der Waals surface area contributed by atoms with Crippen LogP contribution < -0.4 is 0 Å². The van der Waals surface area contributed by atoms with Crippen LogP contribution in [0.4, 0.5) is 0 Å². The lowest BCUT2D eigenvalue weighted by Crippen LogP contribution is -1.92. The van der Waals surface area contributed by atoms with Gasteiger partial charge >= 0.3 is 0 Å². The Labute approximate surface area is 102 Å². The van der Waals surface area contributed by atoms with E-state index < -0.39 is 0 Å². The van der Waals surface area contributed by atoms with Gasteiger partial charge in [-0.15, -0.1) is 0 Å². The van der Waals surface area contributed by atoms with Gasteiger partial charge in [0.1, 0.15) is 0 Å². The Morgan fingerprint density at radius 2 is 1.88 bits per heavy atom. The van der Waals surface area contributed by atoms with Crippen molar-refractivity contribution in [2.45, 2.75) is 19.8 Å². The Morgan fingerprint density at radius 1 is 1.12 bits per heavy atom. The highest BCUT2D eigenvalue weighted by Gasteiger charge is 2.05. The number of pyridine rings is 1. The first-order valence-electron chi connectivity index (χ1n) is 5.68. The molecule has 0 aliphatic rings. The Hall–Kier alpha value is -2.14. The molecule has 2 heteroatoms. The van der Waals surface area contributed by atoms with Crippen molar-refractivity contribution in [2.24, 2.45) is 0 Å². The van der Waals surface area contributed by atoms with Gasteiger partial charge in [-0.25, -0.2) is 0 Å². The molecule has 0 spiro atoms. The molecule has 1 heterocycles. The Kier molecular flexibility index (Phi) is 3.20. The van der Waals surface area contributed by atoms with Gasteiger partial charge in [-0.3, -0.25) is 4.98 Å². The molecular weight excluding hydrogens is 208 g/mol. The normalized spacial score (nSPS) is 10.2. The highest BCUT2D eigenvalue weighted by Crippen LogP contribution is 2.23. The van der Waals surface area contributed by atoms with Crippen LogP contribution in [0.3, 0.4) is 0 Å². The maximum Gasteiger partial charge on any atom is 0.0998 e. The van der Waals surface area contributed by atoms with E-state index in [2.05, 4.69) is 24.9 Å². The molecule has 0 saturated heterocycles. The molecule has 0 radical (unpaired) electrons. The molecule has 0 unspecified atom stereocenters. The molecule has 17 heavy (non-hydrogen) atoms. The molecule has 1 aromatic heterocycles. The van der Waals surface area contributed by atoms with E-state index in [0.29, 0.717) is 11.5 Å². The lowest BCUT2D eigenvalue weighted by atomic mass is 10.0. The molecule has 0 saturated carbocycles. The first kappa shape index (κ1) is 11.3. The van der Waals surface area contributed by atoms with Gasteiger partial charge < -0.3 is 0 Å². The molecule has 2 nitrogen and oxygen atoms in total. The van der Waals surface area contributed by atoms with Gasteiger partial charge in [0.2, 0.25) is 0 Å². The third-order valence-electron chi connectivity index (χ3n) is 2.74. The van der Waals surface area contributed by atoms with Crippen LogP contribution in [0.25, 0.3) is 11.1 Å².